The molecule has 0 spiro atoms. The number of carbonyl (C=O) groups excluding carboxylic acids is 2. The zero-order valence-electron chi connectivity index (χ0n) is 12.4. The fourth-order valence-corrected chi connectivity index (χ4v) is 4.38. The number of para-hydroxylation sites is 1. The summed E-state index contributed by atoms with van der Waals surface area (Å²) in [4.78, 5) is 24.3. The molecule has 1 aliphatic rings. The molecule has 0 saturated heterocycles. The number of nitrogens with one attached hydrogen (secondary N) is 1. The van der Waals surface area contributed by atoms with E-state index in [4.69, 9.17) is 0 Å². The molecule has 3 rings (SSSR count). The number of benzene rings is 2. The third-order valence-corrected chi connectivity index (χ3v) is 6.13. The van der Waals surface area contributed by atoms with Crippen molar-refractivity contribution in [2.45, 2.75) is 11.3 Å². The van der Waals surface area contributed by atoms with Crippen LogP contribution >= 0.6 is 15.9 Å². The van der Waals surface area contributed by atoms with Gasteiger partial charge in [-0.05, 0) is 40.2 Å². The molecule has 124 valence electrons. The van der Waals surface area contributed by atoms with E-state index in [2.05, 4.69) is 21.2 Å². The van der Waals surface area contributed by atoms with E-state index in [-0.39, 0.29) is 29.3 Å². The Kier molecular flexibility index (Phi) is 4.42. The summed E-state index contributed by atoms with van der Waals surface area (Å²) in [6.07, 6.45) is -0.125. The number of sulfonamides is 1. The first-order valence-corrected chi connectivity index (χ1v) is 9.35. The monoisotopic (exact) mass is 408 g/mol. The highest BCUT2D eigenvalue weighted by molar-refractivity contribution is 9.10. The molecule has 0 saturated carbocycles. The zero-order chi connectivity index (χ0) is 17.3. The van der Waals surface area contributed by atoms with Crippen LogP contribution in [0, 0.1) is 0 Å². The second-order valence-corrected chi connectivity index (χ2v) is 7.84. The molecule has 2 amide bonds. The fraction of sp³-hybridized carbons (Fsp3) is 0.125. The number of halogens is 1. The highest BCUT2D eigenvalue weighted by Crippen LogP contribution is 2.30. The van der Waals surface area contributed by atoms with Crippen LogP contribution in [0.15, 0.2) is 57.9 Å². The lowest BCUT2D eigenvalue weighted by Gasteiger charge is -2.15. The van der Waals surface area contributed by atoms with Crippen molar-refractivity contribution < 1.29 is 18.0 Å². The average molecular weight is 409 g/mol. The quantitative estimate of drug-likeness (QED) is 0.842. The molecule has 0 fully saturated rings. The van der Waals surface area contributed by atoms with E-state index in [0.717, 1.165) is 8.78 Å². The lowest BCUT2D eigenvalue weighted by molar-refractivity contribution is -0.116. The smallest absolute Gasteiger partial charge is 0.269 e. The van der Waals surface area contributed by atoms with Gasteiger partial charge in [-0.2, -0.15) is 0 Å². The maximum absolute atomic E-state index is 12.4. The third-order valence-electron chi connectivity index (χ3n) is 3.60. The van der Waals surface area contributed by atoms with Gasteiger partial charge in [0, 0.05) is 17.4 Å². The van der Waals surface area contributed by atoms with Crippen LogP contribution in [0.1, 0.15) is 16.8 Å². The largest absolute Gasteiger partial charge is 0.325 e. The average Bonchev–Trinajstić information content (AvgIpc) is 2.75. The Morgan fingerprint density at radius 1 is 1.08 bits per heavy atom. The van der Waals surface area contributed by atoms with Gasteiger partial charge in [0.25, 0.3) is 15.9 Å². The van der Waals surface area contributed by atoms with Crippen molar-refractivity contribution in [3.8, 4) is 0 Å². The van der Waals surface area contributed by atoms with Crippen LogP contribution in [0.2, 0.25) is 0 Å². The Morgan fingerprint density at radius 2 is 1.75 bits per heavy atom. The summed E-state index contributed by atoms with van der Waals surface area (Å²) in [7, 11) is -3.88. The molecule has 0 radical (unpaired) electrons. The summed E-state index contributed by atoms with van der Waals surface area (Å²) >= 11 is 3.31. The Morgan fingerprint density at radius 3 is 2.46 bits per heavy atom. The van der Waals surface area contributed by atoms with E-state index in [9.17, 15) is 18.0 Å². The van der Waals surface area contributed by atoms with Crippen LogP contribution in [0.3, 0.4) is 0 Å². The zero-order valence-corrected chi connectivity index (χ0v) is 14.8. The minimum absolute atomic E-state index is 0.0128. The summed E-state index contributed by atoms with van der Waals surface area (Å²) in [6.45, 7) is -0.202. The van der Waals surface area contributed by atoms with Gasteiger partial charge < -0.3 is 5.32 Å². The van der Waals surface area contributed by atoms with Gasteiger partial charge in [0.05, 0.1) is 11.3 Å². The van der Waals surface area contributed by atoms with Gasteiger partial charge in [0.15, 0.2) is 0 Å². The molecule has 6 nitrogen and oxygen atoms in total. The van der Waals surface area contributed by atoms with Crippen LogP contribution in [0.4, 0.5) is 5.69 Å². The molecule has 1 N–H and O–H groups in total. The Balaban J connectivity index is 1.71. The number of carbonyl (C=O) groups is 2. The van der Waals surface area contributed by atoms with Crippen molar-refractivity contribution >= 4 is 43.5 Å². The molecule has 0 bridgehead atoms. The van der Waals surface area contributed by atoms with Gasteiger partial charge in [-0.3, -0.25) is 9.59 Å². The van der Waals surface area contributed by atoms with E-state index in [1.807, 2.05) is 6.07 Å². The lowest BCUT2D eigenvalue weighted by Crippen LogP contribution is -2.33. The van der Waals surface area contributed by atoms with Crippen molar-refractivity contribution in [1.82, 2.24) is 4.31 Å². The molecule has 24 heavy (non-hydrogen) atoms. The molecule has 1 heterocycles. The standard InChI is InChI=1S/C16H13BrN2O4S/c17-12-6-2-3-7-13(12)18-15(20)9-10-19-16(21)11-5-1-4-8-14(11)24(19,22)23/h1-8H,9-10H2,(H,18,20). The Bertz CT molecular complexity index is 927. The van der Waals surface area contributed by atoms with E-state index >= 15 is 0 Å². The van der Waals surface area contributed by atoms with Gasteiger partial charge in [-0.15, -0.1) is 0 Å². The second kappa shape index (κ2) is 6.37. The van der Waals surface area contributed by atoms with Crippen molar-refractivity contribution in [2.75, 3.05) is 11.9 Å². The van der Waals surface area contributed by atoms with Crippen molar-refractivity contribution in [1.29, 1.82) is 0 Å². The molecular formula is C16H13BrN2O4S. The molecule has 0 atom stereocenters. The number of fused-ring (bicyclic) bond motifs is 1. The number of hydrogen-bond acceptors (Lipinski definition) is 4. The first-order valence-electron chi connectivity index (χ1n) is 7.12. The summed E-state index contributed by atoms with van der Waals surface area (Å²) < 4.78 is 26.2. The van der Waals surface area contributed by atoms with E-state index in [1.54, 1.807) is 30.3 Å². The highest BCUT2D eigenvalue weighted by Gasteiger charge is 2.40. The number of anilines is 1. The summed E-state index contributed by atoms with van der Waals surface area (Å²) in [5, 5.41) is 2.68. The minimum atomic E-state index is -3.88. The predicted molar refractivity (Wildman–Crippen MR) is 92.1 cm³/mol. The van der Waals surface area contributed by atoms with Gasteiger partial charge in [0.2, 0.25) is 5.91 Å². The third kappa shape index (κ3) is 2.94. The van der Waals surface area contributed by atoms with E-state index < -0.39 is 15.9 Å². The second-order valence-electron chi connectivity index (χ2n) is 5.16. The molecule has 2 aromatic rings. The van der Waals surface area contributed by atoms with Crippen LogP contribution in [-0.2, 0) is 14.8 Å². The Labute approximate surface area is 147 Å². The maximum atomic E-state index is 12.4. The summed E-state index contributed by atoms with van der Waals surface area (Å²) in [5.74, 6) is -0.972. The molecule has 0 unspecified atom stereocenters. The predicted octanol–water partition coefficient (Wildman–Crippen LogP) is 2.62. The van der Waals surface area contributed by atoms with Crippen LogP contribution in [0.5, 0.6) is 0 Å². The summed E-state index contributed by atoms with van der Waals surface area (Å²) in [5.41, 5.74) is 0.727. The molecule has 2 aromatic carbocycles. The number of amides is 2. The Hall–Kier alpha value is -2.19. The highest BCUT2D eigenvalue weighted by atomic mass is 79.9. The number of nitrogens with zero attached hydrogens (tertiary/aromatic N) is 1. The number of hydrogen-bond donors (Lipinski definition) is 1. The van der Waals surface area contributed by atoms with Crippen LogP contribution in [-0.4, -0.2) is 31.1 Å². The van der Waals surface area contributed by atoms with Crippen LogP contribution in [0.25, 0.3) is 0 Å². The van der Waals surface area contributed by atoms with Gasteiger partial charge >= 0.3 is 0 Å². The first kappa shape index (κ1) is 16.7. The van der Waals surface area contributed by atoms with Crippen LogP contribution < -0.4 is 5.32 Å². The normalized spacial score (nSPS) is 15.2. The molecular weight excluding hydrogens is 396 g/mol. The minimum Gasteiger partial charge on any atom is -0.325 e. The fourth-order valence-electron chi connectivity index (χ4n) is 2.43. The SMILES string of the molecule is O=C(CCN1C(=O)c2ccccc2S1(=O)=O)Nc1ccccc1Br. The number of rotatable bonds is 4. The van der Waals surface area contributed by atoms with E-state index in [1.165, 1.54) is 12.1 Å². The van der Waals surface area contributed by atoms with Gasteiger partial charge in [-0.1, -0.05) is 24.3 Å². The molecule has 0 aliphatic carbocycles. The first-order chi connectivity index (χ1) is 11.4. The van der Waals surface area contributed by atoms with Crippen molar-refractivity contribution in [3.63, 3.8) is 0 Å². The lowest BCUT2D eigenvalue weighted by atomic mass is 10.2. The molecule has 0 aromatic heterocycles. The van der Waals surface area contributed by atoms with E-state index in [0.29, 0.717) is 5.69 Å². The molecule has 8 heteroatoms. The van der Waals surface area contributed by atoms with Crippen molar-refractivity contribution in [2.24, 2.45) is 0 Å². The van der Waals surface area contributed by atoms with Crippen molar-refractivity contribution in [3.05, 3.63) is 58.6 Å². The molecule has 1 aliphatic heterocycles. The van der Waals surface area contributed by atoms with Gasteiger partial charge in [-0.25, -0.2) is 12.7 Å². The maximum Gasteiger partial charge on any atom is 0.269 e. The summed E-state index contributed by atoms with van der Waals surface area (Å²) in [6, 6.07) is 13.1. The topological polar surface area (TPSA) is 83.6 Å². The van der Waals surface area contributed by atoms with Gasteiger partial charge in [0.1, 0.15) is 4.90 Å².